The summed E-state index contributed by atoms with van der Waals surface area (Å²) in [6, 6.07) is 7.13. The van der Waals surface area contributed by atoms with Crippen molar-refractivity contribution in [3.63, 3.8) is 0 Å². The number of likely N-dealkylation sites (tertiary alicyclic amines) is 1. The molecule has 0 unspecified atom stereocenters. The Morgan fingerprint density at radius 3 is 2.41 bits per heavy atom. The van der Waals surface area contributed by atoms with Gasteiger partial charge in [-0.3, -0.25) is 14.4 Å². The third-order valence-corrected chi connectivity index (χ3v) is 5.26. The van der Waals surface area contributed by atoms with Gasteiger partial charge in [0.05, 0.1) is 6.42 Å². The summed E-state index contributed by atoms with van der Waals surface area (Å²) in [5.41, 5.74) is 2.07. The average molecular weight is 373 g/mol. The molecule has 1 aromatic rings. The standard InChI is InChI=1S/C21H31N3O3/c1-5-20(26)24-14-17(13-18(24)21(27)23(6-2)7-3)22-19(25)12-16-11-9-8-10-15(16)4/h8-11,17-18H,5-7,12-14H2,1-4H3,(H,22,25)/t17-,18+/m1/s1. The molecule has 148 valence electrons. The second kappa shape index (κ2) is 9.53. The van der Waals surface area contributed by atoms with Crippen LogP contribution < -0.4 is 5.32 Å². The first-order valence-corrected chi connectivity index (χ1v) is 9.83. The second-order valence-corrected chi connectivity index (χ2v) is 7.03. The van der Waals surface area contributed by atoms with Gasteiger partial charge in [0, 0.05) is 32.1 Å². The fraction of sp³-hybridized carbons (Fsp3) is 0.571. The summed E-state index contributed by atoms with van der Waals surface area (Å²) in [5.74, 6) is -0.150. The van der Waals surface area contributed by atoms with Crippen LogP contribution in [0.5, 0.6) is 0 Å². The Kier molecular flexibility index (Phi) is 7.39. The number of aryl methyl sites for hydroxylation is 1. The summed E-state index contributed by atoms with van der Waals surface area (Å²) >= 11 is 0. The first-order valence-electron chi connectivity index (χ1n) is 9.83. The fourth-order valence-corrected chi connectivity index (χ4v) is 3.66. The highest BCUT2D eigenvalue weighted by Gasteiger charge is 2.40. The van der Waals surface area contributed by atoms with Crippen LogP contribution in [-0.4, -0.2) is 59.2 Å². The smallest absolute Gasteiger partial charge is 0.245 e. The molecule has 27 heavy (non-hydrogen) atoms. The van der Waals surface area contributed by atoms with Crippen LogP contribution in [0.15, 0.2) is 24.3 Å². The van der Waals surface area contributed by atoms with E-state index in [1.807, 2.05) is 45.0 Å². The highest BCUT2D eigenvalue weighted by Crippen LogP contribution is 2.21. The molecule has 1 aliphatic heterocycles. The van der Waals surface area contributed by atoms with E-state index >= 15 is 0 Å². The van der Waals surface area contributed by atoms with Gasteiger partial charge in [0.15, 0.2) is 0 Å². The lowest BCUT2D eigenvalue weighted by Crippen LogP contribution is -2.47. The average Bonchev–Trinajstić information content (AvgIpc) is 3.07. The van der Waals surface area contributed by atoms with Gasteiger partial charge in [0.25, 0.3) is 0 Å². The van der Waals surface area contributed by atoms with Crippen molar-refractivity contribution in [1.82, 2.24) is 15.1 Å². The number of hydrogen-bond donors (Lipinski definition) is 1. The maximum atomic E-state index is 12.8. The maximum absolute atomic E-state index is 12.8. The van der Waals surface area contributed by atoms with E-state index in [4.69, 9.17) is 0 Å². The summed E-state index contributed by atoms with van der Waals surface area (Å²) < 4.78 is 0. The number of nitrogens with zero attached hydrogens (tertiary/aromatic N) is 2. The predicted molar refractivity (Wildman–Crippen MR) is 105 cm³/mol. The van der Waals surface area contributed by atoms with Gasteiger partial charge >= 0.3 is 0 Å². The summed E-state index contributed by atoms with van der Waals surface area (Å²) in [4.78, 5) is 41.0. The van der Waals surface area contributed by atoms with Gasteiger partial charge in [-0.25, -0.2) is 0 Å². The van der Waals surface area contributed by atoms with Crippen LogP contribution in [0.3, 0.4) is 0 Å². The molecular weight excluding hydrogens is 342 g/mol. The van der Waals surface area contributed by atoms with Crippen molar-refractivity contribution in [1.29, 1.82) is 0 Å². The molecule has 0 saturated carbocycles. The Morgan fingerprint density at radius 2 is 1.81 bits per heavy atom. The fourth-order valence-electron chi connectivity index (χ4n) is 3.66. The van der Waals surface area contributed by atoms with E-state index in [-0.39, 0.29) is 23.8 Å². The Labute approximate surface area is 161 Å². The number of hydrogen-bond acceptors (Lipinski definition) is 3. The molecule has 1 aromatic carbocycles. The van der Waals surface area contributed by atoms with E-state index in [9.17, 15) is 14.4 Å². The van der Waals surface area contributed by atoms with Crippen molar-refractivity contribution in [2.75, 3.05) is 19.6 Å². The first kappa shape index (κ1) is 20.9. The van der Waals surface area contributed by atoms with Crippen LogP contribution in [0, 0.1) is 6.92 Å². The normalized spacial score (nSPS) is 19.0. The van der Waals surface area contributed by atoms with Gasteiger partial charge in [-0.15, -0.1) is 0 Å². The second-order valence-electron chi connectivity index (χ2n) is 7.03. The first-order chi connectivity index (χ1) is 12.9. The van der Waals surface area contributed by atoms with Crippen LogP contribution in [0.2, 0.25) is 0 Å². The highest BCUT2D eigenvalue weighted by molar-refractivity contribution is 5.89. The zero-order valence-electron chi connectivity index (χ0n) is 16.8. The van der Waals surface area contributed by atoms with E-state index in [1.165, 1.54) is 0 Å². The minimum absolute atomic E-state index is 0.0301. The van der Waals surface area contributed by atoms with Crippen LogP contribution in [0.1, 0.15) is 44.7 Å². The summed E-state index contributed by atoms with van der Waals surface area (Å²) in [5, 5.41) is 3.02. The highest BCUT2D eigenvalue weighted by atomic mass is 16.2. The van der Waals surface area contributed by atoms with Crippen LogP contribution in [-0.2, 0) is 20.8 Å². The zero-order chi connectivity index (χ0) is 20.0. The summed E-state index contributed by atoms with van der Waals surface area (Å²) in [7, 11) is 0. The Hall–Kier alpha value is -2.37. The largest absolute Gasteiger partial charge is 0.351 e. The van der Waals surface area contributed by atoms with Gasteiger partial charge in [-0.2, -0.15) is 0 Å². The van der Waals surface area contributed by atoms with E-state index in [0.717, 1.165) is 11.1 Å². The number of likely N-dealkylation sites (N-methyl/N-ethyl adjacent to an activating group) is 1. The van der Waals surface area contributed by atoms with Crippen molar-refractivity contribution >= 4 is 17.7 Å². The number of rotatable bonds is 7. The minimum Gasteiger partial charge on any atom is -0.351 e. The molecule has 1 heterocycles. The molecule has 2 atom stereocenters. The number of nitrogens with one attached hydrogen (secondary N) is 1. The molecule has 1 aliphatic rings. The van der Waals surface area contributed by atoms with Gasteiger partial charge in [0.1, 0.15) is 6.04 Å². The summed E-state index contributed by atoms with van der Waals surface area (Å²) in [6.45, 7) is 9.27. The van der Waals surface area contributed by atoms with Crippen molar-refractivity contribution in [2.24, 2.45) is 0 Å². The molecule has 0 spiro atoms. The third kappa shape index (κ3) is 5.08. The van der Waals surface area contributed by atoms with E-state index < -0.39 is 6.04 Å². The topological polar surface area (TPSA) is 69.7 Å². The molecule has 0 bridgehead atoms. The number of benzene rings is 1. The molecule has 0 aliphatic carbocycles. The van der Waals surface area contributed by atoms with Gasteiger partial charge < -0.3 is 15.1 Å². The van der Waals surface area contributed by atoms with Gasteiger partial charge in [-0.1, -0.05) is 31.2 Å². The van der Waals surface area contributed by atoms with Crippen molar-refractivity contribution in [3.8, 4) is 0 Å². The molecular formula is C21H31N3O3. The van der Waals surface area contributed by atoms with Crippen LogP contribution in [0.4, 0.5) is 0 Å². The van der Waals surface area contributed by atoms with Crippen molar-refractivity contribution < 1.29 is 14.4 Å². The number of carbonyl (C=O) groups excluding carboxylic acids is 3. The number of carbonyl (C=O) groups is 3. The molecule has 6 nitrogen and oxygen atoms in total. The lowest BCUT2D eigenvalue weighted by atomic mass is 10.1. The van der Waals surface area contributed by atoms with Gasteiger partial charge in [-0.05, 0) is 38.3 Å². The molecule has 0 aromatic heterocycles. The number of amides is 3. The van der Waals surface area contributed by atoms with Crippen LogP contribution in [0.25, 0.3) is 0 Å². The molecule has 1 N–H and O–H groups in total. The molecule has 3 amide bonds. The zero-order valence-corrected chi connectivity index (χ0v) is 16.8. The quantitative estimate of drug-likeness (QED) is 0.794. The van der Waals surface area contributed by atoms with Crippen LogP contribution >= 0.6 is 0 Å². The SMILES string of the molecule is CCC(=O)N1C[C@H](NC(=O)Cc2ccccc2C)C[C@H]1C(=O)N(CC)CC. The van der Waals surface area contributed by atoms with E-state index in [1.54, 1.807) is 16.7 Å². The molecule has 1 fully saturated rings. The predicted octanol–water partition coefficient (Wildman–Crippen LogP) is 1.90. The lowest BCUT2D eigenvalue weighted by molar-refractivity contribution is -0.143. The van der Waals surface area contributed by atoms with Crippen molar-refractivity contribution in [3.05, 3.63) is 35.4 Å². The maximum Gasteiger partial charge on any atom is 0.245 e. The minimum atomic E-state index is -0.485. The van der Waals surface area contributed by atoms with E-state index in [0.29, 0.717) is 38.9 Å². The molecule has 2 rings (SSSR count). The summed E-state index contributed by atoms with van der Waals surface area (Å²) in [6.07, 6.45) is 1.13. The molecule has 6 heteroatoms. The molecule has 0 radical (unpaired) electrons. The van der Waals surface area contributed by atoms with Gasteiger partial charge in [0.2, 0.25) is 17.7 Å². The van der Waals surface area contributed by atoms with E-state index in [2.05, 4.69) is 5.32 Å². The Balaban J connectivity index is 2.05. The Bertz CT molecular complexity index is 685. The van der Waals surface area contributed by atoms with Crippen molar-refractivity contribution in [2.45, 2.75) is 59.0 Å². The monoisotopic (exact) mass is 373 g/mol. The molecule has 1 saturated heterocycles. The third-order valence-electron chi connectivity index (χ3n) is 5.26. The Morgan fingerprint density at radius 1 is 1.15 bits per heavy atom. The lowest BCUT2D eigenvalue weighted by Gasteiger charge is -2.28.